The van der Waals surface area contributed by atoms with Crippen LogP contribution in [0.5, 0.6) is 11.6 Å². The molecule has 0 fully saturated rings. The normalized spacial score (nSPS) is 11.4. The van der Waals surface area contributed by atoms with Crippen molar-refractivity contribution in [1.82, 2.24) is 19.7 Å². The summed E-state index contributed by atoms with van der Waals surface area (Å²) < 4.78 is 53.9. The summed E-state index contributed by atoms with van der Waals surface area (Å²) in [4.78, 5) is 25.7. The number of nitrogens with zero attached hydrogens (tertiary/aromatic N) is 3. The Morgan fingerprint density at radius 3 is 2.50 bits per heavy atom. The fourth-order valence-corrected chi connectivity index (χ4v) is 4.97. The lowest BCUT2D eigenvalue weighted by Gasteiger charge is -2.14. The van der Waals surface area contributed by atoms with Crippen molar-refractivity contribution in [3.05, 3.63) is 95.7 Å². The predicted octanol–water partition coefficient (Wildman–Crippen LogP) is 5.54. The first-order valence-electron chi connectivity index (χ1n) is 13.6. The molecular weight excluding hydrogens is 559 g/mol. The molecule has 1 N–H and O–H groups in total. The summed E-state index contributed by atoms with van der Waals surface area (Å²) in [6, 6.07) is 15.5. The zero-order valence-electron chi connectivity index (χ0n) is 23.7. The SMILES string of the molecule is Cc1cccc(S(=O)(=O)NC(=O)c2ccc(-c3cc(F)cc(OCC(C)C)c3)nc2OCCCCc2ccncc2)n1. The van der Waals surface area contributed by atoms with Crippen LogP contribution in [0.4, 0.5) is 4.39 Å². The Morgan fingerprint density at radius 2 is 1.76 bits per heavy atom. The highest BCUT2D eigenvalue weighted by Crippen LogP contribution is 2.28. The summed E-state index contributed by atoms with van der Waals surface area (Å²) in [5.41, 5.74) is 2.28. The van der Waals surface area contributed by atoms with Gasteiger partial charge in [0.15, 0.2) is 5.03 Å². The van der Waals surface area contributed by atoms with Crippen molar-refractivity contribution in [2.24, 2.45) is 5.92 Å². The lowest BCUT2D eigenvalue weighted by Crippen LogP contribution is -2.31. The van der Waals surface area contributed by atoms with E-state index in [1.54, 1.807) is 31.5 Å². The summed E-state index contributed by atoms with van der Waals surface area (Å²) in [7, 11) is -4.26. The molecule has 0 saturated heterocycles. The summed E-state index contributed by atoms with van der Waals surface area (Å²) in [6.07, 6.45) is 5.74. The molecule has 9 nitrogen and oxygen atoms in total. The average Bonchev–Trinajstić information content (AvgIpc) is 2.96. The Bertz CT molecular complexity index is 1630. The molecule has 4 rings (SSSR count). The summed E-state index contributed by atoms with van der Waals surface area (Å²) in [6.45, 7) is 6.26. The van der Waals surface area contributed by atoms with Crippen molar-refractivity contribution in [3.8, 4) is 22.9 Å². The minimum absolute atomic E-state index is 0.0739. The van der Waals surface area contributed by atoms with Crippen molar-refractivity contribution >= 4 is 15.9 Å². The smallest absolute Gasteiger partial charge is 0.281 e. The highest BCUT2D eigenvalue weighted by molar-refractivity contribution is 7.90. The first kappa shape index (κ1) is 30.6. The number of carbonyl (C=O) groups excluding carboxylic acids is 1. The van der Waals surface area contributed by atoms with E-state index >= 15 is 0 Å². The number of ether oxygens (including phenoxy) is 2. The van der Waals surface area contributed by atoms with Gasteiger partial charge in [-0.3, -0.25) is 9.78 Å². The number of halogens is 1. The van der Waals surface area contributed by atoms with Crippen LogP contribution in [0, 0.1) is 18.7 Å². The average molecular weight is 593 g/mol. The molecule has 0 saturated carbocycles. The highest BCUT2D eigenvalue weighted by atomic mass is 32.2. The van der Waals surface area contributed by atoms with Gasteiger partial charge >= 0.3 is 0 Å². The number of rotatable bonds is 13. The van der Waals surface area contributed by atoms with Gasteiger partial charge in [-0.05, 0) is 86.2 Å². The van der Waals surface area contributed by atoms with E-state index in [2.05, 4.69) is 15.0 Å². The monoisotopic (exact) mass is 592 g/mol. The van der Waals surface area contributed by atoms with Gasteiger partial charge in [-0.1, -0.05) is 19.9 Å². The molecule has 1 amide bonds. The third-order valence-electron chi connectivity index (χ3n) is 6.07. The molecule has 0 spiro atoms. The minimum Gasteiger partial charge on any atom is -0.493 e. The second-order valence-corrected chi connectivity index (χ2v) is 11.8. The minimum atomic E-state index is -4.26. The van der Waals surface area contributed by atoms with Gasteiger partial charge in [0.05, 0.1) is 18.9 Å². The molecule has 3 aromatic heterocycles. The molecule has 0 unspecified atom stereocenters. The van der Waals surface area contributed by atoms with Crippen LogP contribution in [0.25, 0.3) is 11.3 Å². The second-order valence-electron chi connectivity index (χ2n) is 10.1. The van der Waals surface area contributed by atoms with Gasteiger partial charge in [0.1, 0.15) is 17.1 Å². The van der Waals surface area contributed by atoms with Gasteiger partial charge in [-0.25, -0.2) is 19.1 Å². The number of sulfonamides is 1. The van der Waals surface area contributed by atoms with E-state index in [1.165, 1.54) is 36.4 Å². The predicted molar refractivity (Wildman–Crippen MR) is 156 cm³/mol. The lowest BCUT2D eigenvalue weighted by atomic mass is 10.1. The molecule has 1 aromatic carbocycles. The lowest BCUT2D eigenvalue weighted by molar-refractivity contribution is 0.0976. The van der Waals surface area contributed by atoms with Gasteiger partial charge in [0.2, 0.25) is 5.88 Å². The quantitative estimate of drug-likeness (QED) is 0.201. The molecule has 0 radical (unpaired) electrons. The summed E-state index contributed by atoms with van der Waals surface area (Å²) in [5.74, 6) is -0.917. The first-order chi connectivity index (χ1) is 20.1. The van der Waals surface area contributed by atoms with Crippen LogP contribution in [0.2, 0.25) is 0 Å². The highest BCUT2D eigenvalue weighted by Gasteiger charge is 2.24. The van der Waals surface area contributed by atoms with E-state index in [4.69, 9.17) is 9.47 Å². The van der Waals surface area contributed by atoms with Crippen molar-refractivity contribution in [2.45, 2.75) is 45.1 Å². The van der Waals surface area contributed by atoms with E-state index in [-0.39, 0.29) is 29.0 Å². The number of aromatic nitrogens is 3. The van der Waals surface area contributed by atoms with E-state index in [9.17, 15) is 17.6 Å². The number of hydrogen-bond donors (Lipinski definition) is 1. The van der Waals surface area contributed by atoms with E-state index < -0.39 is 21.7 Å². The molecule has 0 aliphatic carbocycles. The van der Waals surface area contributed by atoms with E-state index in [0.29, 0.717) is 35.7 Å². The van der Waals surface area contributed by atoms with Crippen molar-refractivity contribution < 1.29 is 27.1 Å². The molecular formula is C31H33FN4O5S. The summed E-state index contributed by atoms with van der Waals surface area (Å²) >= 11 is 0. The van der Waals surface area contributed by atoms with Gasteiger partial charge in [-0.15, -0.1) is 0 Å². The Kier molecular flexibility index (Phi) is 10.2. The van der Waals surface area contributed by atoms with Crippen LogP contribution in [0.15, 0.2) is 78.1 Å². The number of aryl methyl sites for hydroxylation is 2. The van der Waals surface area contributed by atoms with Gasteiger partial charge in [0.25, 0.3) is 15.9 Å². The molecule has 0 atom stereocenters. The number of unbranched alkanes of at least 4 members (excludes halogenated alkanes) is 1. The molecule has 3 heterocycles. The number of nitrogens with one attached hydrogen (secondary N) is 1. The molecule has 42 heavy (non-hydrogen) atoms. The molecule has 0 aliphatic heterocycles. The molecule has 0 bridgehead atoms. The van der Waals surface area contributed by atoms with Gasteiger partial charge in [-0.2, -0.15) is 8.42 Å². The van der Waals surface area contributed by atoms with Gasteiger partial charge < -0.3 is 9.47 Å². The number of hydrogen-bond acceptors (Lipinski definition) is 8. The second kappa shape index (κ2) is 14.0. The van der Waals surface area contributed by atoms with Crippen LogP contribution in [-0.2, 0) is 16.4 Å². The third kappa shape index (κ3) is 8.56. The number of amides is 1. The zero-order valence-corrected chi connectivity index (χ0v) is 24.5. The van der Waals surface area contributed by atoms with Gasteiger partial charge in [0, 0.05) is 29.7 Å². The summed E-state index contributed by atoms with van der Waals surface area (Å²) in [5, 5.41) is -0.285. The molecule has 220 valence electrons. The van der Waals surface area contributed by atoms with Crippen molar-refractivity contribution in [1.29, 1.82) is 0 Å². The van der Waals surface area contributed by atoms with Crippen LogP contribution in [-0.4, -0.2) is 42.5 Å². The first-order valence-corrected chi connectivity index (χ1v) is 15.1. The fourth-order valence-electron chi connectivity index (χ4n) is 3.99. The number of carbonyl (C=O) groups is 1. The standard InChI is InChI=1S/C31H33FN4O5S/c1-21(2)20-41-26-18-24(17-25(32)19-26)28-11-10-27(30(37)36-42(38,39)29-9-6-7-22(3)34-29)31(35-28)40-16-5-4-8-23-12-14-33-15-13-23/h6-7,9-15,17-19,21H,4-5,8,16,20H2,1-3H3,(H,36,37). The van der Waals surface area contributed by atoms with Crippen LogP contribution >= 0.6 is 0 Å². The van der Waals surface area contributed by atoms with E-state index in [1.807, 2.05) is 30.7 Å². The fraction of sp³-hybridized carbons (Fsp3) is 0.290. The Balaban J connectivity index is 1.58. The van der Waals surface area contributed by atoms with Crippen LogP contribution in [0.1, 0.15) is 48.3 Å². The number of pyridine rings is 3. The van der Waals surface area contributed by atoms with Crippen LogP contribution in [0.3, 0.4) is 0 Å². The third-order valence-corrected chi connectivity index (χ3v) is 7.30. The Morgan fingerprint density at radius 1 is 0.976 bits per heavy atom. The van der Waals surface area contributed by atoms with Crippen molar-refractivity contribution in [2.75, 3.05) is 13.2 Å². The maximum Gasteiger partial charge on any atom is 0.281 e. The largest absolute Gasteiger partial charge is 0.493 e. The zero-order chi connectivity index (χ0) is 30.1. The topological polar surface area (TPSA) is 120 Å². The molecule has 0 aliphatic rings. The maximum absolute atomic E-state index is 14.5. The molecule has 4 aromatic rings. The van der Waals surface area contributed by atoms with Crippen LogP contribution < -0.4 is 14.2 Å². The van der Waals surface area contributed by atoms with E-state index in [0.717, 1.165) is 18.4 Å². The number of benzene rings is 1. The molecule has 11 heteroatoms. The Labute approximate surface area is 245 Å². The van der Waals surface area contributed by atoms with Crippen molar-refractivity contribution in [3.63, 3.8) is 0 Å². The maximum atomic E-state index is 14.5. The Hall–Kier alpha value is -4.38.